The van der Waals surface area contributed by atoms with Gasteiger partial charge in [-0.15, -0.1) is 0 Å². The molecule has 0 unspecified atom stereocenters. The van der Waals surface area contributed by atoms with E-state index in [1.165, 1.54) is 31.4 Å². The Balaban J connectivity index is 1.22. The van der Waals surface area contributed by atoms with Crippen molar-refractivity contribution in [1.29, 1.82) is 0 Å². The molecule has 1 fully saturated rings. The molecule has 0 aliphatic carbocycles. The van der Waals surface area contributed by atoms with Crippen LogP contribution in [0.1, 0.15) is 102 Å². The van der Waals surface area contributed by atoms with Crippen molar-refractivity contribution >= 4 is 63.7 Å². The highest BCUT2D eigenvalue weighted by molar-refractivity contribution is 6.05. The monoisotopic (exact) mass is 986 g/mol. The van der Waals surface area contributed by atoms with Gasteiger partial charge in [0.05, 0.1) is 35.1 Å². The molecule has 6 N–H and O–H groups in total. The Hall–Kier alpha value is -8.19. The number of allylic oxidation sites excluding steroid dienone is 2. The fraction of sp³-hybridized carbons (Fsp3) is 0.420. The molecule has 0 spiro atoms. The fourth-order valence-electron chi connectivity index (χ4n) is 8.41. The van der Waals surface area contributed by atoms with E-state index in [-0.39, 0.29) is 54.6 Å². The Bertz CT molecular complexity index is 3170. The summed E-state index contributed by atoms with van der Waals surface area (Å²) in [6, 6.07) is 9.43. The van der Waals surface area contributed by atoms with E-state index in [1.54, 1.807) is 49.4 Å². The Morgan fingerprint density at radius 1 is 0.708 bits per heavy atom. The standard InChI is InChI=1S/C50H62N14O8/c1-11-63-36(24-30(3)57-63)44(67)55-46-53-34-26-32(42(51)65)28-38(70-10)40(34)61(46)17-13-14-18-62-41-35(54-47(62)56-45(68)37-25-31(4)58-64(37)12-2)27-33(43(52)66)29-39(41)71-23-15-16-50(8,9)60-21-19-59(20-22-60)48(69)72-49(5,6)7/h13-14,24-29H,11-12,17-23H2,1-10H3,(H2,51,65)(H2,52,66)(H,53,55,67)(H,54,56,68)/b14-13+. The number of nitrogens with zero attached hydrogens (tertiary/aromatic N) is 10. The molecule has 22 nitrogen and oxygen atoms in total. The van der Waals surface area contributed by atoms with E-state index in [9.17, 15) is 24.0 Å². The quantitative estimate of drug-likeness (QED) is 0.0726. The normalized spacial score (nSPS) is 13.3. The molecule has 2 aromatic carbocycles. The summed E-state index contributed by atoms with van der Waals surface area (Å²) in [5.41, 5.74) is 14.1. The second kappa shape index (κ2) is 21.0. The van der Waals surface area contributed by atoms with Gasteiger partial charge >= 0.3 is 6.09 Å². The number of ether oxygens (including phenoxy) is 3. The minimum Gasteiger partial charge on any atom is -0.494 e. The molecule has 0 bridgehead atoms. The van der Waals surface area contributed by atoms with Crippen LogP contribution in [0, 0.1) is 25.7 Å². The van der Waals surface area contributed by atoms with Crippen molar-refractivity contribution in [3.8, 4) is 23.3 Å². The molecule has 1 aliphatic rings. The Labute approximate surface area is 416 Å². The number of methoxy groups -OCH3 is 1. The van der Waals surface area contributed by atoms with Gasteiger partial charge in [-0.2, -0.15) is 10.2 Å². The molecular weight excluding hydrogens is 925 g/mol. The number of primary amides is 2. The highest BCUT2D eigenvalue weighted by Gasteiger charge is 2.32. The molecule has 0 radical (unpaired) electrons. The topological polar surface area (TPSA) is 267 Å². The van der Waals surface area contributed by atoms with Gasteiger partial charge in [0.2, 0.25) is 23.7 Å². The summed E-state index contributed by atoms with van der Waals surface area (Å²) in [4.78, 5) is 78.8. The first-order valence-corrected chi connectivity index (χ1v) is 23.6. The molecule has 5 amide bonds. The number of nitrogens with two attached hydrogens (primary N) is 2. The van der Waals surface area contributed by atoms with Crippen LogP contribution in [0.3, 0.4) is 0 Å². The third-order valence-electron chi connectivity index (χ3n) is 11.9. The molecule has 4 aromatic heterocycles. The van der Waals surface area contributed by atoms with E-state index in [2.05, 4.69) is 37.6 Å². The number of aryl methyl sites for hydroxylation is 4. The second-order valence-electron chi connectivity index (χ2n) is 18.7. The molecule has 1 saturated heterocycles. The third-order valence-corrected chi connectivity index (χ3v) is 11.9. The van der Waals surface area contributed by atoms with E-state index in [0.29, 0.717) is 89.9 Å². The number of hydrogen-bond acceptors (Lipinski definition) is 13. The van der Waals surface area contributed by atoms with Gasteiger partial charge in [0.15, 0.2) is 0 Å². The van der Waals surface area contributed by atoms with Crippen molar-refractivity contribution in [2.24, 2.45) is 11.5 Å². The zero-order chi connectivity index (χ0) is 52.2. The first kappa shape index (κ1) is 51.7. The lowest BCUT2D eigenvalue weighted by molar-refractivity contribution is 0.00778. The molecule has 5 heterocycles. The summed E-state index contributed by atoms with van der Waals surface area (Å²) >= 11 is 0. The van der Waals surface area contributed by atoms with Gasteiger partial charge in [0, 0.05) is 63.5 Å². The lowest BCUT2D eigenvalue weighted by atomic mass is 10.0. The van der Waals surface area contributed by atoms with Crippen molar-refractivity contribution in [2.75, 3.05) is 50.5 Å². The van der Waals surface area contributed by atoms with Crippen LogP contribution in [0.25, 0.3) is 22.1 Å². The average molecular weight is 987 g/mol. The van der Waals surface area contributed by atoms with Gasteiger partial charge in [-0.3, -0.25) is 44.1 Å². The van der Waals surface area contributed by atoms with E-state index in [4.69, 9.17) is 35.6 Å². The van der Waals surface area contributed by atoms with E-state index in [1.807, 2.05) is 60.6 Å². The summed E-state index contributed by atoms with van der Waals surface area (Å²) in [6.45, 7) is 20.1. The van der Waals surface area contributed by atoms with Crippen LogP contribution in [0.4, 0.5) is 16.7 Å². The molecule has 380 valence electrons. The molecule has 72 heavy (non-hydrogen) atoms. The number of piperazine rings is 1. The molecular formula is C50H62N14O8. The van der Waals surface area contributed by atoms with Gasteiger partial charge in [0.25, 0.3) is 11.8 Å². The smallest absolute Gasteiger partial charge is 0.410 e. The predicted molar refractivity (Wildman–Crippen MR) is 270 cm³/mol. The molecule has 22 heteroatoms. The highest BCUT2D eigenvalue weighted by Crippen LogP contribution is 2.33. The summed E-state index contributed by atoms with van der Waals surface area (Å²) < 4.78 is 24.3. The van der Waals surface area contributed by atoms with Crippen LogP contribution in [0.2, 0.25) is 0 Å². The Morgan fingerprint density at radius 2 is 1.18 bits per heavy atom. The number of nitrogens with one attached hydrogen (secondary N) is 2. The molecule has 1 aliphatic heterocycles. The average Bonchev–Trinajstić information content (AvgIpc) is 4.10. The summed E-state index contributed by atoms with van der Waals surface area (Å²) in [6.07, 6.45) is 3.30. The zero-order valence-corrected chi connectivity index (χ0v) is 42.4. The maximum Gasteiger partial charge on any atom is 0.410 e. The summed E-state index contributed by atoms with van der Waals surface area (Å²) in [5, 5.41) is 14.7. The number of carbonyl (C=O) groups is 5. The zero-order valence-electron chi connectivity index (χ0n) is 42.4. The van der Waals surface area contributed by atoms with Crippen LogP contribution in [-0.4, -0.2) is 129 Å². The van der Waals surface area contributed by atoms with Crippen LogP contribution in [-0.2, 0) is 30.9 Å². The highest BCUT2D eigenvalue weighted by atomic mass is 16.6. The predicted octanol–water partition coefficient (Wildman–Crippen LogP) is 5.12. The number of rotatable bonds is 16. The lowest BCUT2D eigenvalue weighted by Gasteiger charge is -2.41. The van der Waals surface area contributed by atoms with E-state index < -0.39 is 34.8 Å². The minimum atomic E-state index is -0.718. The van der Waals surface area contributed by atoms with Crippen molar-refractivity contribution < 1.29 is 38.2 Å². The molecule has 0 atom stereocenters. The number of fused-ring (bicyclic) bond motifs is 2. The van der Waals surface area contributed by atoms with Crippen LogP contribution in [0.5, 0.6) is 11.5 Å². The van der Waals surface area contributed by atoms with Gasteiger partial charge in [-0.25, -0.2) is 14.8 Å². The molecule has 0 saturated carbocycles. The Kier molecular flexibility index (Phi) is 15.1. The van der Waals surface area contributed by atoms with Gasteiger partial charge in [-0.05, 0) is 98.7 Å². The largest absolute Gasteiger partial charge is 0.494 e. The van der Waals surface area contributed by atoms with Gasteiger partial charge < -0.3 is 39.7 Å². The van der Waals surface area contributed by atoms with E-state index in [0.717, 1.165) is 0 Å². The number of carbonyl (C=O) groups excluding carboxylic acids is 5. The number of amides is 5. The van der Waals surface area contributed by atoms with Crippen molar-refractivity contribution in [3.05, 3.63) is 82.5 Å². The SMILES string of the molecule is CCn1nc(C)cc1C(=O)Nc1nc2cc(C(N)=O)cc(OC)c2n1C/C=C/Cn1c(NC(=O)c2cc(C)nn2CC)nc2cc(C(N)=O)cc(OCC#CC(C)(C)N3CCN(C(=O)OC(C)(C)C)CC3)c21. The number of benzene rings is 2. The maximum atomic E-state index is 14.0. The lowest BCUT2D eigenvalue weighted by Crippen LogP contribution is -2.55. The van der Waals surface area contributed by atoms with Crippen LogP contribution >= 0.6 is 0 Å². The van der Waals surface area contributed by atoms with Crippen LogP contribution in [0.15, 0.2) is 48.6 Å². The number of imidazole rings is 2. The van der Waals surface area contributed by atoms with E-state index >= 15 is 0 Å². The number of hydrogen-bond donors (Lipinski definition) is 4. The minimum absolute atomic E-state index is 0.0869. The number of aromatic nitrogens is 8. The molecule has 6 aromatic rings. The van der Waals surface area contributed by atoms with Crippen molar-refractivity contribution in [1.82, 2.24) is 48.5 Å². The maximum absolute atomic E-state index is 14.0. The fourth-order valence-corrected chi connectivity index (χ4v) is 8.41. The molecule has 7 rings (SSSR count). The first-order chi connectivity index (χ1) is 34.1. The second-order valence-corrected chi connectivity index (χ2v) is 18.7. The number of anilines is 2. The van der Waals surface area contributed by atoms with Crippen molar-refractivity contribution in [2.45, 2.75) is 99.6 Å². The van der Waals surface area contributed by atoms with Gasteiger partial charge in [-0.1, -0.05) is 24.0 Å². The summed E-state index contributed by atoms with van der Waals surface area (Å²) in [7, 11) is 1.45. The van der Waals surface area contributed by atoms with Gasteiger partial charge in [0.1, 0.15) is 46.1 Å². The van der Waals surface area contributed by atoms with Crippen molar-refractivity contribution in [3.63, 3.8) is 0 Å². The first-order valence-electron chi connectivity index (χ1n) is 23.6. The Morgan fingerprint density at radius 3 is 1.62 bits per heavy atom. The summed E-state index contributed by atoms with van der Waals surface area (Å²) in [5.74, 6) is 4.96. The third kappa shape index (κ3) is 11.4. The van der Waals surface area contributed by atoms with Crippen LogP contribution < -0.4 is 31.6 Å².